The van der Waals surface area contributed by atoms with Gasteiger partial charge in [0.1, 0.15) is 0 Å². The van der Waals surface area contributed by atoms with Crippen LogP contribution in [0.4, 0.5) is 0 Å². The number of rotatable bonds is 5. The van der Waals surface area contributed by atoms with E-state index in [4.69, 9.17) is 4.52 Å². The van der Waals surface area contributed by atoms with Crippen molar-refractivity contribution in [3.05, 3.63) is 59.0 Å². The summed E-state index contributed by atoms with van der Waals surface area (Å²) in [5.41, 5.74) is -0.0694. The van der Waals surface area contributed by atoms with Crippen molar-refractivity contribution in [3.8, 4) is 5.82 Å². The number of hydrogen-bond donors (Lipinski definition) is 0. The molecule has 25 heavy (non-hydrogen) atoms. The lowest BCUT2D eigenvalue weighted by molar-refractivity contribution is 0.150. The van der Waals surface area contributed by atoms with Crippen LogP contribution in [0.25, 0.3) is 5.82 Å². The maximum absolute atomic E-state index is 12.1. The van der Waals surface area contributed by atoms with E-state index in [1.165, 1.54) is 0 Å². The molecule has 1 aliphatic heterocycles. The van der Waals surface area contributed by atoms with Gasteiger partial charge in [-0.15, -0.1) is 5.10 Å². The van der Waals surface area contributed by atoms with Gasteiger partial charge in [0.25, 0.3) is 5.56 Å². The van der Waals surface area contributed by atoms with Crippen LogP contribution in [0, 0.1) is 5.92 Å². The molecule has 0 N–H and O–H groups in total. The molecule has 130 valence electrons. The van der Waals surface area contributed by atoms with E-state index in [0.29, 0.717) is 18.3 Å². The Hall–Kier alpha value is -2.74. The van der Waals surface area contributed by atoms with E-state index in [1.54, 1.807) is 33.9 Å². The maximum Gasteiger partial charge on any atom is 0.266 e. The first-order valence-electron chi connectivity index (χ1n) is 8.48. The molecule has 4 heterocycles. The summed E-state index contributed by atoms with van der Waals surface area (Å²) >= 11 is 0. The highest BCUT2D eigenvalue weighted by Gasteiger charge is 2.21. The first-order valence-corrected chi connectivity index (χ1v) is 8.48. The second-order valence-corrected chi connectivity index (χ2v) is 6.36. The monoisotopic (exact) mass is 340 g/mol. The molecule has 0 saturated carbocycles. The van der Waals surface area contributed by atoms with Gasteiger partial charge < -0.3 is 4.52 Å². The number of hydrogen-bond acceptors (Lipinski definition) is 6. The van der Waals surface area contributed by atoms with Crippen molar-refractivity contribution >= 4 is 0 Å². The van der Waals surface area contributed by atoms with Crippen LogP contribution in [-0.4, -0.2) is 42.7 Å². The Morgan fingerprint density at radius 1 is 1.16 bits per heavy atom. The van der Waals surface area contributed by atoms with E-state index in [2.05, 4.69) is 20.3 Å². The summed E-state index contributed by atoms with van der Waals surface area (Å²) < 4.78 is 8.39. The summed E-state index contributed by atoms with van der Waals surface area (Å²) in [4.78, 5) is 14.5. The highest BCUT2D eigenvalue weighted by molar-refractivity contribution is 5.17. The van der Waals surface area contributed by atoms with Gasteiger partial charge in [0.05, 0.1) is 12.7 Å². The number of piperidine rings is 1. The fourth-order valence-corrected chi connectivity index (χ4v) is 3.21. The fourth-order valence-electron chi connectivity index (χ4n) is 3.21. The Kier molecular flexibility index (Phi) is 4.43. The Bertz CT molecular complexity index is 848. The Morgan fingerprint density at radius 2 is 2.04 bits per heavy atom. The zero-order valence-electron chi connectivity index (χ0n) is 13.9. The second kappa shape index (κ2) is 7.02. The second-order valence-electron chi connectivity index (χ2n) is 6.36. The van der Waals surface area contributed by atoms with Gasteiger partial charge in [-0.2, -0.15) is 5.10 Å². The summed E-state index contributed by atoms with van der Waals surface area (Å²) in [5.74, 6) is 2.00. The average Bonchev–Trinajstić information content (AvgIpc) is 3.32. The summed E-state index contributed by atoms with van der Waals surface area (Å²) in [6, 6.07) is 6.99. The van der Waals surface area contributed by atoms with Crippen LogP contribution in [0.15, 0.2) is 52.2 Å². The molecular weight excluding hydrogens is 320 g/mol. The molecule has 1 aliphatic rings. The van der Waals surface area contributed by atoms with Crippen molar-refractivity contribution in [1.82, 2.24) is 29.6 Å². The van der Waals surface area contributed by atoms with Crippen molar-refractivity contribution < 1.29 is 4.52 Å². The van der Waals surface area contributed by atoms with Crippen LogP contribution >= 0.6 is 0 Å². The summed E-state index contributed by atoms with van der Waals surface area (Å²) in [5, 5.41) is 12.4. The molecule has 0 radical (unpaired) electrons. The van der Waals surface area contributed by atoms with Gasteiger partial charge in [0, 0.05) is 31.1 Å². The summed E-state index contributed by atoms with van der Waals surface area (Å²) in [6.45, 7) is 3.40. The standard InChI is InChI=1S/C17H20N6O2/c24-17-3-2-16(22-9-1-7-18-22)20-23(17)12-14-5-10-21(11-6-14)13-15-4-8-19-25-15/h1-4,7-9,14H,5-6,10-13H2. The summed E-state index contributed by atoms with van der Waals surface area (Å²) in [6.07, 6.45) is 7.26. The molecule has 0 bridgehead atoms. The molecule has 8 heteroatoms. The largest absolute Gasteiger partial charge is 0.360 e. The molecule has 4 rings (SSSR count). The Labute approximate surface area is 144 Å². The predicted octanol–water partition coefficient (Wildman–Crippen LogP) is 1.33. The molecule has 0 aromatic carbocycles. The third kappa shape index (κ3) is 3.69. The SMILES string of the molecule is O=c1ccc(-n2cccn2)nn1CC1CCN(Cc2ccno2)CC1. The topological polar surface area (TPSA) is 82.0 Å². The quantitative estimate of drug-likeness (QED) is 0.697. The first kappa shape index (κ1) is 15.8. The number of aromatic nitrogens is 5. The molecule has 1 saturated heterocycles. The zero-order valence-corrected chi connectivity index (χ0v) is 13.9. The third-order valence-electron chi connectivity index (χ3n) is 4.60. The van der Waals surface area contributed by atoms with Crippen molar-refractivity contribution in [2.24, 2.45) is 5.92 Å². The molecule has 0 unspecified atom stereocenters. The molecule has 3 aromatic heterocycles. The Morgan fingerprint density at radius 3 is 2.76 bits per heavy atom. The average molecular weight is 340 g/mol. The lowest BCUT2D eigenvalue weighted by Crippen LogP contribution is -2.36. The van der Waals surface area contributed by atoms with Crippen molar-refractivity contribution in [1.29, 1.82) is 0 Å². The van der Waals surface area contributed by atoms with Crippen LogP contribution in [0.1, 0.15) is 18.6 Å². The van der Waals surface area contributed by atoms with Gasteiger partial charge >= 0.3 is 0 Å². The van der Waals surface area contributed by atoms with Crippen LogP contribution in [0.5, 0.6) is 0 Å². The lowest BCUT2D eigenvalue weighted by atomic mass is 9.97. The Balaban J connectivity index is 1.38. The number of nitrogens with zero attached hydrogens (tertiary/aromatic N) is 6. The minimum absolute atomic E-state index is 0.0694. The summed E-state index contributed by atoms with van der Waals surface area (Å²) in [7, 11) is 0. The van der Waals surface area contributed by atoms with E-state index >= 15 is 0 Å². The molecule has 0 amide bonds. The maximum atomic E-state index is 12.1. The van der Waals surface area contributed by atoms with Crippen molar-refractivity contribution in [2.75, 3.05) is 13.1 Å². The predicted molar refractivity (Wildman–Crippen MR) is 90.1 cm³/mol. The van der Waals surface area contributed by atoms with Crippen molar-refractivity contribution in [2.45, 2.75) is 25.9 Å². The molecule has 1 fully saturated rings. The van der Waals surface area contributed by atoms with E-state index in [0.717, 1.165) is 38.2 Å². The van der Waals surface area contributed by atoms with E-state index < -0.39 is 0 Å². The molecule has 0 aliphatic carbocycles. The normalized spacial score (nSPS) is 16.3. The minimum Gasteiger partial charge on any atom is -0.360 e. The first-order chi connectivity index (χ1) is 12.3. The van der Waals surface area contributed by atoms with Crippen LogP contribution in [-0.2, 0) is 13.1 Å². The smallest absolute Gasteiger partial charge is 0.266 e. The third-order valence-corrected chi connectivity index (χ3v) is 4.60. The molecular formula is C17H20N6O2. The highest BCUT2D eigenvalue weighted by atomic mass is 16.5. The van der Waals surface area contributed by atoms with Crippen LogP contribution < -0.4 is 5.56 Å². The van der Waals surface area contributed by atoms with Gasteiger partial charge in [-0.05, 0) is 44.0 Å². The fraction of sp³-hybridized carbons (Fsp3) is 0.412. The zero-order chi connectivity index (χ0) is 17.1. The van der Waals surface area contributed by atoms with Gasteiger partial charge in [-0.1, -0.05) is 5.16 Å². The van der Waals surface area contributed by atoms with Gasteiger partial charge in [0.15, 0.2) is 11.6 Å². The lowest BCUT2D eigenvalue weighted by Gasteiger charge is -2.31. The number of likely N-dealkylation sites (tertiary alicyclic amines) is 1. The molecule has 0 atom stereocenters. The van der Waals surface area contributed by atoms with E-state index in [-0.39, 0.29) is 5.56 Å². The van der Waals surface area contributed by atoms with Crippen molar-refractivity contribution in [3.63, 3.8) is 0 Å². The van der Waals surface area contributed by atoms with Gasteiger partial charge in [-0.3, -0.25) is 9.69 Å². The molecule has 0 spiro atoms. The van der Waals surface area contributed by atoms with E-state index in [1.807, 2.05) is 18.3 Å². The van der Waals surface area contributed by atoms with Gasteiger partial charge in [0.2, 0.25) is 0 Å². The van der Waals surface area contributed by atoms with Gasteiger partial charge in [-0.25, -0.2) is 9.36 Å². The molecule has 8 nitrogen and oxygen atoms in total. The highest BCUT2D eigenvalue weighted by Crippen LogP contribution is 2.20. The van der Waals surface area contributed by atoms with Crippen LogP contribution in [0.3, 0.4) is 0 Å². The minimum atomic E-state index is -0.0694. The van der Waals surface area contributed by atoms with E-state index in [9.17, 15) is 4.79 Å². The molecule has 3 aromatic rings. The van der Waals surface area contributed by atoms with Crippen LogP contribution in [0.2, 0.25) is 0 Å².